The van der Waals surface area contributed by atoms with Crippen LogP contribution in [0.4, 0.5) is 10.5 Å². The SMILES string of the molecule is COCCN(Cc1c(-c2cccs2)n(C)c2ccccc12)C(=O)Nc1cccc(C)c1C. The Bertz CT molecular complexity index is 1230. The number of aryl methyl sites for hydroxylation is 2. The maximum atomic E-state index is 13.4. The molecule has 4 aromatic rings. The van der Waals surface area contributed by atoms with Gasteiger partial charge in [0.15, 0.2) is 0 Å². The molecule has 0 unspecified atom stereocenters. The molecule has 2 aromatic heterocycles. The van der Waals surface area contributed by atoms with Gasteiger partial charge in [0, 0.05) is 42.9 Å². The third-order valence-corrected chi connectivity index (χ3v) is 6.89. The summed E-state index contributed by atoms with van der Waals surface area (Å²) in [6.07, 6.45) is 0. The average Bonchev–Trinajstić information content (AvgIpc) is 3.41. The third-order valence-electron chi connectivity index (χ3n) is 6.01. The predicted octanol–water partition coefficient (Wildman–Crippen LogP) is 6.20. The van der Waals surface area contributed by atoms with Crippen LogP contribution in [0.15, 0.2) is 60.0 Å². The van der Waals surface area contributed by atoms with Gasteiger partial charge in [-0.25, -0.2) is 4.79 Å². The smallest absolute Gasteiger partial charge is 0.322 e. The number of ether oxygens (including phenoxy) is 1. The highest BCUT2D eigenvalue weighted by Gasteiger charge is 2.22. The van der Waals surface area contributed by atoms with E-state index in [1.165, 1.54) is 10.3 Å². The van der Waals surface area contributed by atoms with Gasteiger partial charge >= 0.3 is 6.03 Å². The van der Waals surface area contributed by atoms with E-state index in [1.807, 2.05) is 24.0 Å². The van der Waals surface area contributed by atoms with Gasteiger partial charge in [-0.2, -0.15) is 0 Å². The van der Waals surface area contributed by atoms with Crippen LogP contribution >= 0.6 is 11.3 Å². The average molecular weight is 448 g/mol. The van der Waals surface area contributed by atoms with Gasteiger partial charge < -0.3 is 19.5 Å². The molecule has 32 heavy (non-hydrogen) atoms. The molecule has 4 rings (SSSR count). The summed E-state index contributed by atoms with van der Waals surface area (Å²) >= 11 is 1.71. The number of carbonyl (C=O) groups excluding carboxylic acids is 1. The number of fused-ring (bicyclic) bond motifs is 1. The number of rotatable bonds is 7. The Morgan fingerprint density at radius 1 is 1.09 bits per heavy atom. The summed E-state index contributed by atoms with van der Waals surface area (Å²) in [6, 6.07) is 18.4. The molecule has 0 aliphatic carbocycles. The summed E-state index contributed by atoms with van der Waals surface area (Å²) in [7, 11) is 3.76. The summed E-state index contributed by atoms with van der Waals surface area (Å²) in [5, 5.41) is 6.37. The van der Waals surface area contributed by atoms with Gasteiger partial charge in [-0.05, 0) is 48.6 Å². The van der Waals surface area contributed by atoms with E-state index >= 15 is 0 Å². The van der Waals surface area contributed by atoms with Crippen molar-refractivity contribution in [3.63, 3.8) is 0 Å². The second-order valence-electron chi connectivity index (χ2n) is 7.97. The first-order chi connectivity index (χ1) is 15.5. The minimum absolute atomic E-state index is 0.124. The number of aromatic nitrogens is 1. The first-order valence-corrected chi connectivity index (χ1v) is 11.6. The molecule has 5 nitrogen and oxygen atoms in total. The number of carbonyl (C=O) groups is 1. The fourth-order valence-electron chi connectivity index (χ4n) is 4.08. The molecule has 2 aromatic carbocycles. The van der Waals surface area contributed by atoms with Crippen molar-refractivity contribution in [1.82, 2.24) is 9.47 Å². The Morgan fingerprint density at radius 3 is 2.66 bits per heavy atom. The predicted molar refractivity (Wildman–Crippen MR) is 133 cm³/mol. The molecular weight excluding hydrogens is 418 g/mol. The molecule has 0 fully saturated rings. The molecule has 0 spiro atoms. The first kappa shape index (κ1) is 22.1. The Kier molecular flexibility index (Phi) is 6.63. The number of benzene rings is 2. The molecule has 1 N–H and O–H groups in total. The van der Waals surface area contributed by atoms with Crippen molar-refractivity contribution < 1.29 is 9.53 Å². The van der Waals surface area contributed by atoms with E-state index in [9.17, 15) is 4.79 Å². The van der Waals surface area contributed by atoms with Crippen LogP contribution in [0.2, 0.25) is 0 Å². The number of amides is 2. The van der Waals surface area contributed by atoms with E-state index in [-0.39, 0.29) is 6.03 Å². The fraction of sp³-hybridized carbons (Fsp3) is 0.269. The number of thiophene rings is 1. The Balaban J connectivity index is 1.72. The number of nitrogens with one attached hydrogen (secondary N) is 1. The summed E-state index contributed by atoms with van der Waals surface area (Å²) < 4.78 is 7.55. The van der Waals surface area contributed by atoms with Crippen LogP contribution in [0.5, 0.6) is 0 Å². The van der Waals surface area contributed by atoms with Gasteiger partial charge in [0.05, 0.1) is 23.7 Å². The van der Waals surface area contributed by atoms with Crippen LogP contribution in [0.25, 0.3) is 21.5 Å². The van der Waals surface area contributed by atoms with E-state index in [2.05, 4.69) is 71.7 Å². The van der Waals surface area contributed by atoms with Crippen molar-refractivity contribution in [3.05, 3.63) is 76.7 Å². The van der Waals surface area contributed by atoms with Crippen LogP contribution in [0.3, 0.4) is 0 Å². The van der Waals surface area contributed by atoms with E-state index in [0.29, 0.717) is 19.7 Å². The monoisotopic (exact) mass is 447 g/mol. The number of urea groups is 1. The maximum absolute atomic E-state index is 13.4. The lowest BCUT2D eigenvalue weighted by atomic mass is 10.1. The largest absolute Gasteiger partial charge is 0.383 e. The Hall–Kier alpha value is -3.09. The van der Waals surface area contributed by atoms with Gasteiger partial charge in [-0.15, -0.1) is 11.3 Å². The summed E-state index contributed by atoms with van der Waals surface area (Å²) in [6.45, 7) is 5.55. The normalized spacial score (nSPS) is 11.1. The Labute approximate surface area is 193 Å². The molecule has 0 saturated carbocycles. The van der Waals surface area contributed by atoms with Crippen LogP contribution in [0.1, 0.15) is 16.7 Å². The highest BCUT2D eigenvalue weighted by Crippen LogP contribution is 2.36. The van der Waals surface area contributed by atoms with Gasteiger partial charge in [0.1, 0.15) is 0 Å². The molecular formula is C26H29N3O2S. The Morgan fingerprint density at radius 2 is 1.91 bits per heavy atom. The summed E-state index contributed by atoms with van der Waals surface area (Å²) in [4.78, 5) is 16.4. The minimum atomic E-state index is -0.124. The molecule has 0 aliphatic rings. The number of hydrogen-bond acceptors (Lipinski definition) is 3. The van der Waals surface area contributed by atoms with Crippen molar-refractivity contribution in [2.24, 2.45) is 7.05 Å². The second-order valence-corrected chi connectivity index (χ2v) is 8.92. The quantitative estimate of drug-likeness (QED) is 0.366. The van der Waals surface area contributed by atoms with Gasteiger partial charge in [-0.1, -0.05) is 36.4 Å². The molecule has 2 amide bonds. The zero-order valence-corrected chi connectivity index (χ0v) is 19.8. The molecule has 0 aliphatic heterocycles. The third kappa shape index (κ3) is 4.29. The van der Waals surface area contributed by atoms with Gasteiger partial charge in [-0.3, -0.25) is 0 Å². The lowest BCUT2D eigenvalue weighted by molar-refractivity contribution is 0.153. The standard InChI is InChI=1S/C26H29N3O2S/c1-18-9-7-11-22(19(18)2)27-26(30)29(14-15-31-4)17-21-20-10-5-6-12-23(20)28(3)25(21)24-13-8-16-32-24/h5-13,16H,14-15,17H2,1-4H3,(H,27,30). The van der Waals surface area contributed by atoms with Gasteiger partial charge in [0.25, 0.3) is 0 Å². The first-order valence-electron chi connectivity index (χ1n) is 10.7. The van der Waals surface area contributed by atoms with E-state index in [1.54, 1.807) is 18.4 Å². The fourth-order valence-corrected chi connectivity index (χ4v) is 4.92. The maximum Gasteiger partial charge on any atom is 0.322 e. The highest BCUT2D eigenvalue weighted by molar-refractivity contribution is 7.13. The van der Waals surface area contributed by atoms with Crippen LogP contribution in [-0.2, 0) is 18.3 Å². The molecule has 0 atom stereocenters. The topological polar surface area (TPSA) is 46.5 Å². The number of methoxy groups -OCH3 is 1. The number of hydrogen-bond donors (Lipinski definition) is 1. The summed E-state index contributed by atoms with van der Waals surface area (Å²) in [5.41, 5.74) is 6.54. The van der Waals surface area contributed by atoms with Crippen LogP contribution < -0.4 is 5.32 Å². The number of para-hydroxylation sites is 1. The molecule has 0 bridgehead atoms. The van der Waals surface area contributed by atoms with E-state index < -0.39 is 0 Å². The van der Waals surface area contributed by atoms with Crippen LogP contribution in [0, 0.1) is 13.8 Å². The number of anilines is 1. The molecule has 0 radical (unpaired) electrons. The molecule has 0 saturated heterocycles. The van der Waals surface area contributed by atoms with Crippen molar-refractivity contribution >= 4 is 34.0 Å². The lowest BCUT2D eigenvalue weighted by Gasteiger charge is -2.24. The molecule has 166 valence electrons. The minimum Gasteiger partial charge on any atom is -0.383 e. The van der Waals surface area contributed by atoms with Crippen LogP contribution in [-0.4, -0.2) is 35.8 Å². The number of nitrogens with zero attached hydrogens (tertiary/aromatic N) is 2. The van der Waals surface area contributed by atoms with Crippen molar-refractivity contribution in [1.29, 1.82) is 0 Å². The zero-order valence-electron chi connectivity index (χ0n) is 19.0. The second kappa shape index (κ2) is 9.59. The molecule has 2 heterocycles. The molecule has 6 heteroatoms. The van der Waals surface area contributed by atoms with Crippen molar-refractivity contribution in [2.75, 3.05) is 25.6 Å². The lowest BCUT2D eigenvalue weighted by Crippen LogP contribution is -2.37. The van der Waals surface area contributed by atoms with E-state index in [0.717, 1.165) is 33.6 Å². The van der Waals surface area contributed by atoms with Gasteiger partial charge in [0.2, 0.25) is 0 Å². The highest BCUT2D eigenvalue weighted by atomic mass is 32.1. The van der Waals surface area contributed by atoms with E-state index in [4.69, 9.17) is 4.74 Å². The van der Waals surface area contributed by atoms with Crippen molar-refractivity contribution in [2.45, 2.75) is 20.4 Å². The summed E-state index contributed by atoms with van der Waals surface area (Å²) in [5.74, 6) is 0. The van der Waals surface area contributed by atoms with Crippen molar-refractivity contribution in [3.8, 4) is 10.6 Å². The zero-order chi connectivity index (χ0) is 22.7.